The van der Waals surface area contributed by atoms with Crippen molar-refractivity contribution in [2.24, 2.45) is 5.73 Å². The highest BCUT2D eigenvalue weighted by molar-refractivity contribution is 5.91. The van der Waals surface area contributed by atoms with Gasteiger partial charge in [-0.3, -0.25) is 4.79 Å². The van der Waals surface area contributed by atoms with Gasteiger partial charge in [0.2, 0.25) is 5.91 Å². The molecule has 21 heavy (non-hydrogen) atoms. The summed E-state index contributed by atoms with van der Waals surface area (Å²) < 4.78 is 0. The molecule has 0 radical (unpaired) electrons. The zero-order valence-electron chi connectivity index (χ0n) is 12.6. The molecule has 3 rings (SSSR count). The largest absolute Gasteiger partial charge is 0.372 e. The summed E-state index contributed by atoms with van der Waals surface area (Å²) in [6.45, 7) is 2.28. The van der Waals surface area contributed by atoms with Crippen LogP contribution in [0.2, 0.25) is 0 Å². The van der Waals surface area contributed by atoms with E-state index in [1.165, 1.54) is 18.5 Å². The summed E-state index contributed by atoms with van der Waals surface area (Å²) in [5.41, 5.74) is 8.09. The standard InChI is InChI=1S/C17H25N3O/c18-17(9-1-2-10-17)13-16(21)19-14-5-7-15(8-6-14)20-11-3-4-12-20/h5-8H,1-4,9-13,18H2,(H,19,21). The molecule has 0 atom stereocenters. The molecule has 2 aliphatic rings. The van der Waals surface area contributed by atoms with Gasteiger partial charge in [0.25, 0.3) is 0 Å². The first-order valence-corrected chi connectivity index (χ1v) is 8.08. The SMILES string of the molecule is NC1(CC(=O)Nc2ccc(N3CCCC3)cc2)CCCC1. The summed E-state index contributed by atoms with van der Waals surface area (Å²) in [5, 5.41) is 2.97. The minimum atomic E-state index is -0.278. The zero-order valence-corrected chi connectivity index (χ0v) is 12.6. The summed E-state index contributed by atoms with van der Waals surface area (Å²) in [7, 11) is 0. The Bertz CT molecular complexity index is 485. The van der Waals surface area contributed by atoms with Crippen molar-refractivity contribution in [3.8, 4) is 0 Å². The molecule has 4 heteroatoms. The number of carbonyl (C=O) groups excluding carboxylic acids is 1. The number of hydrogen-bond donors (Lipinski definition) is 2. The topological polar surface area (TPSA) is 58.4 Å². The van der Waals surface area contributed by atoms with Crippen LogP contribution in [0.3, 0.4) is 0 Å². The Balaban J connectivity index is 1.55. The number of carbonyl (C=O) groups is 1. The number of hydrogen-bond acceptors (Lipinski definition) is 3. The fourth-order valence-electron chi connectivity index (χ4n) is 3.51. The predicted octanol–water partition coefficient (Wildman–Crippen LogP) is 2.89. The average molecular weight is 287 g/mol. The van der Waals surface area contributed by atoms with Crippen molar-refractivity contribution in [1.29, 1.82) is 0 Å². The van der Waals surface area contributed by atoms with Gasteiger partial charge < -0.3 is 16.0 Å². The van der Waals surface area contributed by atoms with Crippen LogP contribution in [-0.4, -0.2) is 24.5 Å². The zero-order chi connectivity index (χ0) is 14.7. The number of anilines is 2. The highest BCUT2D eigenvalue weighted by Crippen LogP contribution is 2.30. The molecule has 4 nitrogen and oxygen atoms in total. The maximum atomic E-state index is 12.1. The minimum Gasteiger partial charge on any atom is -0.372 e. The lowest BCUT2D eigenvalue weighted by Gasteiger charge is -2.22. The van der Waals surface area contributed by atoms with Crippen LogP contribution in [0.1, 0.15) is 44.9 Å². The number of nitrogens with one attached hydrogen (secondary N) is 1. The first-order chi connectivity index (χ1) is 10.1. The van der Waals surface area contributed by atoms with Crippen molar-refractivity contribution in [3.05, 3.63) is 24.3 Å². The maximum Gasteiger partial charge on any atom is 0.226 e. The monoisotopic (exact) mass is 287 g/mol. The molecular weight excluding hydrogens is 262 g/mol. The van der Waals surface area contributed by atoms with Crippen LogP contribution < -0.4 is 16.0 Å². The second-order valence-electron chi connectivity index (χ2n) is 6.54. The molecule has 0 aromatic heterocycles. The van der Waals surface area contributed by atoms with Gasteiger partial charge in [0.05, 0.1) is 0 Å². The van der Waals surface area contributed by atoms with E-state index in [0.717, 1.165) is 44.5 Å². The molecule has 1 aromatic rings. The minimum absolute atomic E-state index is 0.0355. The van der Waals surface area contributed by atoms with Crippen molar-refractivity contribution < 1.29 is 4.79 Å². The molecule has 0 bridgehead atoms. The summed E-state index contributed by atoms with van der Waals surface area (Å²) in [5.74, 6) is 0.0355. The van der Waals surface area contributed by atoms with Gasteiger partial charge in [0, 0.05) is 36.4 Å². The van der Waals surface area contributed by atoms with E-state index in [4.69, 9.17) is 5.73 Å². The highest BCUT2D eigenvalue weighted by atomic mass is 16.1. The lowest BCUT2D eigenvalue weighted by molar-refractivity contribution is -0.117. The van der Waals surface area contributed by atoms with E-state index in [0.29, 0.717) is 6.42 Å². The van der Waals surface area contributed by atoms with Crippen LogP contribution >= 0.6 is 0 Å². The second-order valence-corrected chi connectivity index (χ2v) is 6.54. The van der Waals surface area contributed by atoms with Crippen LogP contribution in [0, 0.1) is 0 Å². The molecular formula is C17H25N3O. The van der Waals surface area contributed by atoms with Gasteiger partial charge in [-0.2, -0.15) is 0 Å². The van der Waals surface area contributed by atoms with Gasteiger partial charge in [-0.05, 0) is 49.9 Å². The molecule has 114 valence electrons. The number of rotatable bonds is 4. The lowest BCUT2D eigenvalue weighted by Crippen LogP contribution is -2.40. The Morgan fingerprint density at radius 1 is 1.10 bits per heavy atom. The van der Waals surface area contributed by atoms with Gasteiger partial charge in [-0.15, -0.1) is 0 Å². The lowest BCUT2D eigenvalue weighted by atomic mass is 9.94. The van der Waals surface area contributed by atoms with E-state index in [2.05, 4.69) is 22.3 Å². The van der Waals surface area contributed by atoms with E-state index in [9.17, 15) is 4.79 Å². The number of benzene rings is 1. The molecule has 1 saturated heterocycles. The van der Waals surface area contributed by atoms with E-state index in [-0.39, 0.29) is 11.4 Å². The third-order valence-electron chi connectivity index (χ3n) is 4.73. The highest BCUT2D eigenvalue weighted by Gasteiger charge is 2.31. The Labute approximate surface area is 126 Å². The van der Waals surface area contributed by atoms with Gasteiger partial charge in [0.1, 0.15) is 0 Å². The number of amides is 1. The second kappa shape index (κ2) is 6.06. The summed E-state index contributed by atoms with van der Waals surface area (Å²) >= 11 is 0. The van der Waals surface area contributed by atoms with Crippen molar-refractivity contribution in [1.82, 2.24) is 0 Å². The Morgan fingerprint density at radius 3 is 2.33 bits per heavy atom. The quantitative estimate of drug-likeness (QED) is 0.895. The third kappa shape index (κ3) is 3.56. The molecule has 0 spiro atoms. The van der Waals surface area contributed by atoms with Crippen molar-refractivity contribution in [2.45, 2.75) is 50.5 Å². The van der Waals surface area contributed by atoms with E-state index in [1.807, 2.05) is 12.1 Å². The van der Waals surface area contributed by atoms with Crippen LogP contribution in [-0.2, 0) is 4.79 Å². The van der Waals surface area contributed by atoms with Gasteiger partial charge >= 0.3 is 0 Å². The molecule has 1 amide bonds. The van der Waals surface area contributed by atoms with Crippen molar-refractivity contribution >= 4 is 17.3 Å². The van der Waals surface area contributed by atoms with Crippen LogP contribution in [0.15, 0.2) is 24.3 Å². The van der Waals surface area contributed by atoms with Crippen LogP contribution in [0.4, 0.5) is 11.4 Å². The van der Waals surface area contributed by atoms with Crippen molar-refractivity contribution in [3.63, 3.8) is 0 Å². The molecule has 1 aliphatic carbocycles. The molecule has 2 fully saturated rings. The first kappa shape index (κ1) is 14.4. The molecule has 0 unspecified atom stereocenters. The fraction of sp³-hybridized carbons (Fsp3) is 0.588. The normalized spacial score (nSPS) is 20.7. The fourth-order valence-corrected chi connectivity index (χ4v) is 3.51. The van der Waals surface area contributed by atoms with Crippen LogP contribution in [0.5, 0.6) is 0 Å². The molecule has 3 N–H and O–H groups in total. The first-order valence-electron chi connectivity index (χ1n) is 8.08. The number of nitrogens with two attached hydrogens (primary N) is 1. The van der Waals surface area contributed by atoms with Gasteiger partial charge in [-0.25, -0.2) is 0 Å². The third-order valence-corrected chi connectivity index (χ3v) is 4.73. The van der Waals surface area contributed by atoms with E-state index >= 15 is 0 Å². The summed E-state index contributed by atoms with van der Waals surface area (Å²) in [4.78, 5) is 14.5. The maximum absolute atomic E-state index is 12.1. The predicted molar refractivity (Wildman–Crippen MR) is 86.5 cm³/mol. The number of nitrogens with zero attached hydrogens (tertiary/aromatic N) is 1. The van der Waals surface area contributed by atoms with Crippen LogP contribution in [0.25, 0.3) is 0 Å². The molecule has 1 aliphatic heterocycles. The van der Waals surface area contributed by atoms with E-state index in [1.54, 1.807) is 0 Å². The Kier molecular flexibility index (Phi) is 4.15. The molecule has 1 aromatic carbocycles. The van der Waals surface area contributed by atoms with E-state index < -0.39 is 0 Å². The Morgan fingerprint density at radius 2 is 1.71 bits per heavy atom. The molecule has 1 saturated carbocycles. The molecule has 1 heterocycles. The van der Waals surface area contributed by atoms with Gasteiger partial charge in [-0.1, -0.05) is 12.8 Å². The average Bonchev–Trinajstić information content (AvgIpc) is 3.11. The smallest absolute Gasteiger partial charge is 0.226 e. The summed E-state index contributed by atoms with van der Waals surface area (Å²) in [6.07, 6.45) is 7.21. The summed E-state index contributed by atoms with van der Waals surface area (Å²) in [6, 6.07) is 8.16. The van der Waals surface area contributed by atoms with Crippen molar-refractivity contribution in [2.75, 3.05) is 23.3 Å². The Hall–Kier alpha value is -1.55. The van der Waals surface area contributed by atoms with Gasteiger partial charge in [0.15, 0.2) is 0 Å².